The molecule has 0 fully saturated rings. The second-order valence-corrected chi connectivity index (χ2v) is 2.90. The molecule has 1 aromatic heterocycles. The van der Waals surface area contributed by atoms with Crippen molar-refractivity contribution in [3.05, 3.63) is 36.6 Å². The summed E-state index contributed by atoms with van der Waals surface area (Å²) < 4.78 is 10.3. The van der Waals surface area contributed by atoms with E-state index < -0.39 is 0 Å². The summed E-state index contributed by atoms with van der Waals surface area (Å²) in [5.41, 5.74) is 7.48. The molecule has 2 rings (SSSR count). The molecule has 0 unspecified atom stereocenters. The lowest BCUT2D eigenvalue weighted by molar-refractivity contribution is 0.416. The molecule has 0 aliphatic rings. The smallest absolute Gasteiger partial charge is 0.198 e. The van der Waals surface area contributed by atoms with E-state index in [9.17, 15) is 0 Å². The Labute approximate surface area is 82.1 Å². The Bertz CT molecular complexity index is 434. The SMILES string of the molecule is COc1ccccc1-c1ccoc1N. The number of para-hydroxylation sites is 1. The van der Waals surface area contributed by atoms with Crippen molar-refractivity contribution >= 4 is 5.88 Å². The fraction of sp³-hybridized carbons (Fsp3) is 0.0909. The maximum Gasteiger partial charge on any atom is 0.198 e. The summed E-state index contributed by atoms with van der Waals surface area (Å²) in [5.74, 6) is 1.20. The van der Waals surface area contributed by atoms with Crippen molar-refractivity contribution < 1.29 is 9.15 Å². The van der Waals surface area contributed by atoms with Crippen molar-refractivity contribution in [2.45, 2.75) is 0 Å². The van der Waals surface area contributed by atoms with Crippen molar-refractivity contribution in [1.82, 2.24) is 0 Å². The van der Waals surface area contributed by atoms with Gasteiger partial charge in [0.05, 0.1) is 13.4 Å². The van der Waals surface area contributed by atoms with Crippen LogP contribution in [0.3, 0.4) is 0 Å². The molecule has 14 heavy (non-hydrogen) atoms. The van der Waals surface area contributed by atoms with E-state index >= 15 is 0 Å². The molecule has 1 heterocycles. The Morgan fingerprint density at radius 1 is 1.14 bits per heavy atom. The van der Waals surface area contributed by atoms with Gasteiger partial charge in [-0.15, -0.1) is 0 Å². The lowest BCUT2D eigenvalue weighted by Crippen LogP contribution is -1.89. The van der Waals surface area contributed by atoms with Gasteiger partial charge in [0, 0.05) is 11.1 Å². The van der Waals surface area contributed by atoms with Crippen LogP contribution in [0.15, 0.2) is 41.0 Å². The summed E-state index contributed by atoms with van der Waals surface area (Å²) in [7, 11) is 1.63. The Morgan fingerprint density at radius 3 is 2.57 bits per heavy atom. The fourth-order valence-corrected chi connectivity index (χ4v) is 1.41. The Kier molecular flexibility index (Phi) is 2.14. The minimum atomic E-state index is 0.412. The molecule has 0 aliphatic carbocycles. The van der Waals surface area contributed by atoms with Gasteiger partial charge in [-0.2, -0.15) is 0 Å². The van der Waals surface area contributed by atoms with Crippen molar-refractivity contribution in [3.63, 3.8) is 0 Å². The second-order valence-electron chi connectivity index (χ2n) is 2.90. The Balaban J connectivity index is 2.56. The van der Waals surface area contributed by atoms with E-state index in [1.165, 1.54) is 0 Å². The number of anilines is 1. The van der Waals surface area contributed by atoms with Gasteiger partial charge >= 0.3 is 0 Å². The van der Waals surface area contributed by atoms with Gasteiger partial charge in [-0.1, -0.05) is 18.2 Å². The van der Waals surface area contributed by atoms with Crippen molar-refractivity contribution in [3.8, 4) is 16.9 Å². The number of hydrogen-bond donors (Lipinski definition) is 1. The summed E-state index contributed by atoms with van der Waals surface area (Å²) in [4.78, 5) is 0. The molecule has 0 saturated carbocycles. The second kappa shape index (κ2) is 3.46. The van der Waals surface area contributed by atoms with E-state index in [4.69, 9.17) is 14.9 Å². The summed E-state index contributed by atoms with van der Waals surface area (Å²) >= 11 is 0. The highest BCUT2D eigenvalue weighted by molar-refractivity contribution is 5.77. The topological polar surface area (TPSA) is 48.4 Å². The van der Waals surface area contributed by atoms with Gasteiger partial charge < -0.3 is 14.9 Å². The average Bonchev–Trinajstić information content (AvgIpc) is 2.64. The Hall–Kier alpha value is -1.90. The standard InChI is InChI=1S/C11H11NO2/c1-13-10-5-3-2-4-8(10)9-6-7-14-11(9)12/h2-7H,12H2,1H3. The first kappa shape index (κ1) is 8.69. The average molecular weight is 189 g/mol. The van der Waals surface area contributed by atoms with Gasteiger partial charge in [0.2, 0.25) is 0 Å². The van der Waals surface area contributed by atoms with Crippen LogP contribution in [0.2, 0.25) is 0 Å². The zero-order valence-electron chi connectivity index (χ0n) is 7.86. The maximum absolute atomic E-state index is 5.67. The first-order valence-electron chi connectivity index (χ1n) is 4.29. The predicted molar refractivity (Wildman–Crippen MR) is 55.1 cm³/mol. The van der Waals surface area contributed by atoms with Crippen LogP contribution in [-0.4, -0.2) is 7.11 Å². The van der Waals surface area contributed by atoms with E-state index in [0.29, 0.717) is 5.88 Å². The summed E-state index contributed by atoms with van der Waals surface area (Å²) in [6.45, 7) is 0. The number of nitrogens with two attached hydrogens (primary N) is 1. The molecule has 0 amide bonds. The third-order valence-electron chi connectivity index (χ3n) is 2.09. The van der Waals surface area contributed by atoms with E-state index in [1.807, 2.05) is 30.3 Å². The van der Waals surface area contributed by atoms with E-state index in [-0.39, 0.29) is 0 Å². The van der Waals surface area contributed by atoms with E-state index in [1.54, 1.807) is 13.4 Å². The highest BCUT2D eigenvalue weighted by Gasteiger charge is 2.09. The number of rotatable bonds is 2. The fourth-order valence-electron chi connectivity index (χ4n) is 1.41. The van der Waals surface area contributed by atoms with Crippen LogP contribution in [0.1, 0.15) is 0 Å². The molecule has 2 N–H and O–H groups in total. The summed E-state index contributed by atoms with van der Waals surface area (Å²) in [5, 5.41) is 0. The van der Waals surface area contributed by atoms with Crippen LogP contribution < -0.4 is 10.5 Å². The molecular formula is C11H11NO2. The van der Waals surface area contributed by atoms with Crippen LogP contribution in [0.4, 0.5) is 5.88 Å². The summed E-state index contributed by atoms with van der Waals surface area (Å²) in [6.07, 6.45) is 1.57. The molecule has 3 nitrogen and oxygen atoms in total. The molecular weight excluding hydrogens is 178 g/mol. The first-order chi connectivity index (χ1) is 6.83. The highest BCUT2D eigenvalue weighted by atomic mass is 16.5. The molecule has 2 aromatic rings. The Morgan fingerprint density at radius 2 is 1.93 bits per heavy atom. The minimum Gasteiger partial charge on any atom is -0.496 e. The number of furan rings is 1. The molecule has 0 spiro atoms. The predicted octanol–water partition coefficient (Wildman–Crippen LogP) is 2.54. The zero-order valence-corrected chi connectivity index (χ0v) is 7.86. The number of benzene rings is 1. The number of hydrogen-bond acceptors (Lipinski definition) is 3. The molecule has 3 heteroatoms. The zero-order chi connectivity index (χ0) is 9.97. The molecule has 1 aromatic carbocycles. The van der Waals surface area contributed by atoms with Gasteiger partial charge in [0.25, 0.3) is 0 Å². The van der Waals surface area contributed by atoms with Crippen LogP contribution in [0.5, 0.6) is 5.75 Å². The minimum absolute atomic E-state index is 0.412. The molecule has 0 bridgehead atoms. The first-order valence-corrected chi connectivity index (χ1v) is 4.29. The van der Waals surface area contributed by atoms with Gasteiger partial charge in [-0.05, 0) is 12.1 Å². The van der Waals surface area contributed by atoms with Gasteiger partial charge in [0.15, 0.2) is 5.88 Å². The normalized spacial score (nSPS) is 10.1. The maximum atomic E-state index is 5.67. The van der Waals surface area contributed by atoms with Gasteiger partial charge in [-0.3, -0.25) is 0 Å². The monoisotopic (exact) mass is 189 g/mol. The molecule has 0 atom stereocenters. The molecule has 0 aliphatic heterocycles. The van der Waals surface area contributed by atoms with Crippen molar-refractivity contribution in [1.29, 1.82) is 0 Å². The molecule has 0 radical (unpaired) electrons. The quantitative estimate of drug-likeness (QED) is 0.789. The van der Waals surface area contributed by atoms with Crippen LogP contribution in [0, 0.1) is 0 Å². The number of methoxy groups -OCH3 is 1. The summed E-state index contributed by atoms with van der Waals surface area (Å²) in [6, 6.07) is 9.51. The third kappa shape index (κ3) is 1.33. The third-order valence-corrected chi connectivity index (χ3v) is 2.09. The van der Waals surface area contributed by atoms with E-state index in [0.717, 1.165) is 16.9 Å². The lowest BCUT2D eigenvalue weighted by atomic mass is 10.1. The van der Waals surface area contributed by atoms with E-state index in [2.05, 4.69) is 0 Å². The van der Waals surface area contributed by atoms with Crippen LogP contribution in [0.25, 0.3) is 11.1 Å². The largest absolute Gasteiger partial charge is 0.496 e. The number of ether oxygens (including phenoxy) is 1. The lowest BCUT2D eigenvalue weighted by Gasteiger charge is -2.06. The van der Waals surface area contributed by atoms with Gasteiger partial charge in [0.1, 0.15) is 5.75 Å². The molecule has 0 saturated heterocycles. The highest BCUT2D eigenvalue weighted by Crippen LogP contribution is 2.33. The van der Waals surface area contributed by atoms with Crippen molar-refractivity contribution in [2.24, 2.45) is 0 Å². The van der Waals surface area contributed by atoms with Gasteiger partial charge in [-0.25, -0.2) is 0 Å². The van der Waals surface area contributed by atoms with Crippen molar-refractivity contribution in [2.75, 3.05) is 12.8 Å². The van der Waals surface area contributed by atoms with Crippen LogP contribution >= 0.6 is 0 Å². The molecule has 72 valence electrons. The van der Waals surface area contributed by atoms with Crippen LogP contribution in [-0.2, 0) is 0 Å². The number of nitrogen functional groups attached to an aromatic ring is 1.